The highest BCUT2D eigenvalue weighted by Crippen LogP contribution is 2.31. The molecule has 0 aliphatic carbocycles. The Labute approximate surface area is 116 Å². The molecule has 1 rings (SSSR count). The predicted molar refractivity (Wildman–Crippen MR) is 72.2 cm³/mol. The van der Waals surface area contributed by atoms with Crippen LogP contribution in [-0.2, 0) is 9.47 Å². The lowest BCUT2D eigenvalue weighted by Gasteiger charge is -2.10. The van der Waals surface area contributed by atoms with Gasteiger partial charge in [0.15, 0.2) is 0 Å². The first-order valence-electron chi connectivity index (χ1n) is 5.60. The van der Waals surface area contributed by atoms with Crippen LogP contribution in [0.3, 0.4) is 0 Å². The highest BCUT2D eigenvalue weighted by molar-refractivity contribution is 6.39. The molecule has 0 unspecified atom stereocenters. The number of methoxy groups -OCH3 is 1. The van der Waals surface area contributed by atoms with Crippen molar-refractivity contribution in [3.8, 4) is 0 Å². The maximum absolute atomic E-state index is 12.9. The summed E-state index contributed by atoms with van der Waals surface area (Å²) in [6, 6.07) is 2.45. The van der Waals surface area contributed by atoms with Crippen LogP contribution >= 0.6 is 23.2 Å². The third-order valence-electron chi connectivity index (χ3n) is 2.21. The van der Waals surface area contributed by atoms with Gasteiger partial charge in [-0.15, -0.1) is 0 Å². The molecular formula is C12H16Cl2FNO2. The van der Waals surface area contributed by atoms with E-state index in [4.69, 9.17) is 32.7 Å². The van der Waals surface area contributed by atoms with Crippen LogP contribution in [0.15, 0.2) is 12.1 Å². The Morgan fingerprint density at radius 1 is 1.17 bits per heavy atom. The second-order valence-electron chi connectivity index (χ2n) is 3.63. The molecule has 1 aromatic rings. The van der Waals surface area contributed by atoms with Crippen LogP contribution in [0.1, 0.15) is 6.42 Å². The lowest BCUT2D eigenvalue weighted by atomic mass is 10.3. The molecule has 18 heavy (non-hydrogen) atoms. The second kappa shape index (κ2) is 8.53. The van der Waals surface area contributed by atoms with Crippen molar-refractivity contribution >= 4 is 28.9 Å². The van der Waals surface area contributed by atoms with Crippen molar-refractivity contribution < 1.29 is 13.9 Å². The molecule has 0 heterocycles. The van der Waals surface area contributed by atoms with Crippen LogP contribution in [0.5, 0.6) is 0 Å². The zero-order chi connectivity index (χ0) is 13.4. The fourth-order valence-corrected chi connectivity index (χ4v) is 1.94. The molecule has 102 valence electrons. The van der Waals surface area contributed by atoms with E-state index < -0.39 is 5.82 Å². The average molecular weight is 296 g/mol. The number of ether oxygens (including phenoxy) is 2. The van der Waals surface area contributed by atoms with E-state index in [2.05, 4.69) is 5.32 Å². The van der Waals surface area contributed by atoms with E-state index in [1.54, 1.807) is 7.11 Å². The van der Waals surface area contributed by atoms with Gasteiger partial charge in [0.2, 0.25) is 0 Å². The van der Waals surface area contributed by atoms with Gasteiger partial charge in [-0.05, 0) is 18.6 Å². The highest BCUT2D eigenvalue weighted by atomic mass is 35.5. The van der Waals surface area contributed by atoms with Gasteiger partial charge in [0.1, 0.15) is 5.82 Å². The lowest BCUT2D eigenvalue weighted by molar-refractivity contribution is 0.0705. The van der Waals surface area contributed by atoms with E-state index in [1.165, 1.54) is 12.1 Å². The molecule has 6 heteroatoms. The van der Waals surface area contributed by atoms with Gasteiger partial charge in [0, 0.05) is 20.3 Å². The molecular weight excluding hydrogens is 280 g/mol. The van der Waals surface area contributed by atoms with E-state index in [0.29, 0.717) is 32.1 Å². The summed E-state index contributed by atoms with van der Waals surface area (Å²) in [4.78, 5) is 0. The van der Waals surface area contributed by atoms with E-state index in [9.17, 15) is 4.39 Å². The summed E-state index contributed by atoms with van der Waals surface area (Å²) in [5.41, 5.74) is 0.552. The van der Waals surface area contributed by atoms with Crippen molar-refractivity contribution in [2.75, 3.05) is 38.8 Å². The second-order valence-corrected chi connectivity index (χ2v) is 4.44. The highest BCUT2D eigenvalue weighted by Gasteiger charge is 2.07. The molecule has 0 aliphatic heterocycles. The minimum absolute atomic E-state index is 0.278. The van der Waals surface area contributed by atoms with Gasteiger partial charge in [-0.1, -0.05) is 23.2 Å². The molecule has 0 saturated heterocycles. The van der Waals surface area contributed by atoms with Crippen LogP contribution in [0, 0.1) is 5.82 Å². The quantitative estimate of drug-likeness (QED) is 0.744. The lowest BCUT2D eigenvalue weighted by Crippen LogP contribution is -2.09. The van der Waals surface area contributed by atoms with Crippen molar-refractivity contribution in [2.24, 2.45) is 0 Å². The number of rotatable bonds is 8. The molecule has 1 N–H and O–H groups in total. The largest absolute Gasteiger partial charge is 0.383 e. The zero-order valence-electron chi connectivity index (χ0n) is 10.1. The summed E-state index contributed by atoms with van der Waals surface area (Å²) in [6.07, 6.45) is 0.799. The fraction of sp³-hybridized carbons (Fsp3) is 0.500. The third-order valence-corrected chi connectivity index (χ3v) is 2.80. The maximum atomic E-state index is 12.9. The molecule has 1 aromatic carbocycles. The van der Waals surface area contributed by atoms with E-state index in [-0.39, 0.29) is 10.0 Å². The minimum atomic E-state index is -0.446. The SMILES string of the molecule is COCCOCCCNc1c(Cl)cc(F)cc1Cl. The van der Waals surface area contributed by atoms with Gasteiger partial charge in [-0.2, -0.15) is 0 Å². The Hall–Kier alpha value is -0.550. The van der Waals surface area contributed by atoms with Crippen molar-refractivity contribution in [2.45, 2.75) is 6.42 Å². The molecule has 0 amide bonds. The summed E-state index contributed by atoms with van der Waals surface area (Å²) in [5, 5.41) is 3.61. The first-order valence-corrected chi connectivity index (χ1v) is 6.36. The van der Waals surface area contributed by atoms with Crippen molar-refractivity contribution in [1.82, 2.24) is 0 Å². The number of anilines is 1. The number of halogens is 3. The van der Waals surface area contributed by atoms with E-state index in [0.717, 1.165) is 6.42 Å². The predicted octanol–water partition coefficient (Wildman–Crippen LogP) is 3.60. The molecule has 0 aliphatic rings. The van der Waals surface area contributed by atoms with Gasteiger partial charge < -0.3 is 14.8 Å². The summed E-state index contributed by atoms with van der Waals surface area (Å²) in [7, 11) is 1.63. The fourth-order valence-electron chi connectivity index (χ4n) is 1.34. The summed E-state index contributed by atoms with van der Waals surface area (Å²) < 4.78 is 23.1. The zero-order valence-corrected chi connectivity index (χ0v) is 11.7. The Balaban J connectivity index is 2.27. The minimum Gasteiger partial charge on any atom is -0.383 e. The van der Waals surface area contributed by atoms with Crippen LogP contribution < -0.4 is 5.32 Å². The first kappa shape index (κ1) is 15.5. The third kappa shape index (κ3) is 5.40. The number of benzene rings is 1. The van der Waals surface area contributed by atoms with Gasteiger partial charge in [-0.25, -0.2) is 4.39 Å². The van der Waals surface area contributed by atoms with E-state index in [1.807, 2.05) is 0 Å². The average Bonchev–Trinajstić information content (AvgIpc) is 2.30. The maximum Gasteiger partial charge on any atom is 0.126 e. The topological polar surface area (TPSA) is 30.5 Å². The van der Waals surface area contributed by atoms with Gasteiger partial charge >= 0.3 is 0 Å². The molecule has 0 atom stereocenters. The molecule has 0 aromatic heterocycles. The number of hydrogen-bond donors (Lipinski definition) is 1. The standard InChI is InChI=1S/C12H16Cl2FNO2/c1-17-5-6-18-4-2-3-16-12-10(13)7-9(15)8-11(12)14/h7-8,16H,2-6H2,1H3. The van der Waals surface area contributed by atoms with Crippen molar-refractivity contribution in [1.29, 1.82) is 0 Å². The van der Waals surface area contributed by atoms with Crippen LogP contribution in [0.25, 0.3) is 0 Å². The monoisotopic (exact) mass is 295 g/mol. The Kier molecular flexibility index (Phi) is 7.35. The smallest absolute Gasteiger partial charge is 0.126 e. The van der Waals surface area contributed by atoms with E-state index >= 15 is 0 Å². The summed E-state index contributed by atoms with van der Waals surface area (Å²) in [5.74, 6) is -0.446. The molecule has 3 nitrogen and oxygen atoms in total. The Morgan fingerprint density at radius 2 is 1.83 bits per heavy atom. The molecule has 0 fully saturated rings. The molecule has 0 spiro atoms. The van der Waals surface area contributed by atoms with Gasteiger partial charge in [0.25, 0.3) is 0 Å². The Bertz CT molecular complexity index is 354. The Morgan fingerprint density at radius 3 is 2.44 bits per heavy atom. The molecule has 0 bridgehead atoms. The van der Waals surface area contributed by atoms with Crippen molar-refractivity contribution in [3.05, 3.63) is 28.0 Å². The summed E-state index contributed by atoms with van der Waals surface area (Å²) in [6.45, 7) is 2.43. The number of nitrogens with one attached hydrogen (secondary N) is 1. The van der Waals surface area contributed by atoms with Crippen LogP contribution in [0.2, 0.25) is 10.0 Å². The molecule has 0 radical (unpaired) electrons. The van der Waals surface area contributed by atoms with Gasteiger partial charge in [0.05, 0.1) is 28.9 Å². The first-order chi connectivity index (χ1) is 8.65. The summed E-state index contributed by atoms with van der Waals surface area (Å²) >= 11 is 11.8. The van der Waals surface area contributed by atoms with Crippen LogP contribution in [-0.4, -0.2) is 33.5 Å². The number of hydrogen-bond acceptors (Lipinski definition) is 3. The van der Waals surface area contributed by atoms with Crippen LogP contribution in [0.4, 0.5) is 10.1 Å². The van der Waals surface area contributed by atoms with Gasteiger partial charge in [-0.3, -0.25) is 0 Å². The van der Waals surface area contributed by atoms with Crippen molar-refractivity contribution in [3.63, 3.8) is 0 Å². The molecule has 0 saturated carbocycles. The normalized spacial score (nSPS) is 10.7.